The Hall–Kier alpha value is -2.88. The largest absolute Gasteiger partial charge is 0.497 e. The lowest BCUT2D eigenvalue weighted by Gasteiger charge is -2.15. The van der Waals surface area contributed by atoms with Crippen molar-refractivity contribution < 1.29 is 9.47 Å². The molecular formula is C24H28N2O2. The molecule has 1 aromatic heterocycles. The SMILES string of the molecule is CCCc1nc(-c2ccc(OC)cc2)c(-c2ccc(OC)cc2)nc1CCC. The van der Waals surface area contributed by atoms with Crippen molar-refractivity contribution in [2.75, 3.05) is 14.2 Å². The van der Waals surface area contributed by atoms with E-state index in [0.29, 0.717) is 0 Å². The van der Waals surface area contributed by atoms with Gasteiger partial charge in [-0.25, -0.2) is 9.97 Å². The number of hydrogen-bond acceptors (Lipinski definition) is 4. The van der Waals surface area contributed by atoms with E-state index >= 15 is 0 Å². The Bertz CT molecular complexity index is 827. The molecule has 0 radical (unpaired) electrons. The molecule has 0 aliphatic carbocycles. The van der Waals surface area contributed by atoms with Crippen molar-refractivity contribution in [2.24, 2.45) is 0 Å². The average Bonchev–Trinajstić information content (AvgIpc) is 2.75. The quantitative estimate of drug-likeness (QED) is 0.503. The molecule has 0 atom stereocenters. The molecule has 0 fully saturated rings. The second-order valence-corrected chi connectivity index (χ2v) is 6.77. The Morgan fingerprint density at radius 1 is 0.607 bits per heavy atom. The van der Waals surface area contributed by atoms with Gasteiger partial charge in [0.1, 0.15) is 11.5 Å². The minimum Gasteiger partial charge on any atom is -0.497 e. The van der Waals surface area contributed by atoms with E-state index < -0.39 is 0 Å². The summed E-state index contributed by atoms with van der Waals surface area (Å²) in [5.74, 6) is 1.66. The van der Waals surface area contributed by atoms with Gasteiger partial charge in [-0.3, -0.25) is 0 Å². The van der Waals surface area contributed by atoms with E-state index in [1.807, 2.05) is 48.5 Å². The highest BCUT2D eigenvalue weighted by Gasteiger charge is 2.16. The second-order valence-electron chi connectivity index (χ2n) is 6.77. The zero-order valence-electron chi connectivity index (χ0n) is 17.2. The summed E-state index contributed by atoms with van der Waals surface area (Å²) in [6.45, 7) is 4.36. The van der Waals surface area contributed by atoms with E-state index in [0.717, 1.165) is 71.1 Å². The van der Waals surface area contributed by atoms with Gasteiger partial charge >= 0.3 is 0 Å². The summed E-state index contributed by atoms with van der Waals surface area (Å²) < 4.78 is 10.6. The third-order valence-corrected chi connectivity index (χ3v) is 4.75. The number of benzene rings is 2. The Kier molecular flexibility index (Phi) is 6.64. The third-order valence-electron chi connectivity index (χ3n) is 4.75. The number of nitrogens with zero attached hydrogens (tertiary/aromatic N) is 2. The molecule has 28 heavy (non-hydrogen) atoms. The fourth-order valence-corrected chi connectivity index (χ4v) is 3.28. The summed E-state index contributed by atoms with van der Waals surface area (Å²) in [7, 11) is 3.35. The molecule has 0 spiro atoms. The Labute approximate surface area is 167 Å². The molecule has 0 unspecified atom stereocenters. The van der Waals surface area contributed by atoms with Crippen molar-refractivity contribution in [3.05, 3.63) is 59.9 Å². The standard InChI is InChI=1S/C24H28N2O2/c1-5-7-21-22(8-6-2)26-24(18-11-15-20(28-4)16-12-18)23(25-21)17-9-13-19(27-3)14-10-17/h9-16H,5-8H2,1-4H3. The van der Waals surface area contributed by atoms with Gasteiger partial charge in [0, 0.05) is 11.1 Å². The minimum absolute atomic E-state index is 0.832. The number of rotatable bonds is 8. The maximum Gasteiger partial charge on any atom is 0.118 e. The fraction of sp³-hybridized carbons (Fsp3) is 0.333. The number of hydrogen-bond donors (Lipinski definition) is 0. The van der Waals surface area contributed by atoms with Gasteiger partial charge < -0.3 is 9.47 Å². The van der Waals surface area contributed by atoms with Gasteiger partial charge in [-0.15, -0.1) is 0 Å². The first-order valence-electron chi connectivity index (χ1n) is 9.88. The Morgan fingerprint density at radius 3 is 1.25 bits per heavy atom. The van der Waals surface area contributed by atoms with Gasteiger partial charge in [0.2, 0.25) is 0 Å². The zero-order valence-corrected chi connectivity index (χ0v) is 17.2. The van der Waals surface area contributed by atoms with Crippen LogP contribution in [0.25, 0.3) is 22.5 Å². The van der Waals surface area contributed by atoms with Gasteiger partial charge in [-0.2, -0.15) is 0 Å². The van der Waals surface area contributed by atoms with Crippen molar-refractivity contribution in [2.45, 2.75) is 39.5 Å². The molecule has 2 aromatic carbocycles. The molecular weight excluding hydrogens is 348 g/mol. The molecule has 4 nitrogen and oxygen atoms in total. The van der Waals surface area contributed by atoms with Crippen LogP contribution in [-0.4, -0.2) is 24.2 Å². The first kappa shape index (κ1) is 19.9. The number of ether oxygens (including phenoxy) is 2. The predicted octanol–water partition coefficient (Wildman–Crippen LogP) is 5.73. The van der Waals surface area contributed by atoms with Crippen LogP contribution in [0.4, 0.5) is 0 Å². The van der Waals surface area contributed by atoms with Crippen LogP contribution in [-0.2, 0) is 12.8 Å². The molecule has 0 aliphatic heterocycles. The molecule has 0 N–H and O–H groups in total. The summed E-state index contributed by atoms with van der Waals surface area (Å²) in [4.78, 5) is 10.2. The van der Waals surface area contributed by atoms with Crippen LogP contribution >= 0.6 is 0 Å². The zero-order chi connectivity index (χ0) is 19.9. The molecule has 0 amide bonds. The lowest BCUT2D eigenvalue weighted by atomic mass is 10.0. The van der Waals surface area contributed by atoms with Gasteiger partial charge in [0.15, 0.2) is 0 Å². The first-order valence-corrected chi connectivity index (χ1v) is 9.88. The van der Waals surface area contributed by atoms with Crippen molar-refractivity contribution in [3.8, 4) is 34.0 Å². The van der Waals surface area contributed by atoms with Crippen molar-refractivity contribution in [1.82, 2.24) is 9.97 Å². The van der Waals surface area contributed by atoms with E-state index in [9.17, 15) is 0 Å². The maximum absolute atomic E-state index is 5.31. The summed E-state index contributed by atoms with van der Waals surface area (Å²) >= 11 is 0. The molecule has 0 aliphatic rings. The molecule has 3 aromatic rings. The maximum atomic E-state index is 5.31. The summed E-state index contributed by atoms with van der Waals surface area (Å²) in [5.41, 5.74) is 6.12. The van der Waals surface area contributed by atoms with Gasteiger partial charge in [0.05, 0.1) is 37.0 Å². The normalized spacial score (nSPS) is 10.7. The highest BCUT2D eigenvalue weighted by molar-refractivity contribution is 5.78. The second kappa shape index (κ2) is 9.36. The smallest absolute Gasteiger partial charge is 0.118 e. The lowest BCUT2D eigenvalue weighted by Crippen LogP contribution is -2.06. The van der Waals surface area contributed by atoms with Crippen LogP contribution < -0.4 is 9.47 Å². The molecule has 1 heterocycles. The topological polar surface area (TPSA) is 44.2 Å². The van der Waals surface area contributed by atoms with E-state index in [1.165, 1.54) is 0 Å². The molecule has 4 heteroatoms. The van der Waals surface area contributed by atoms with E-state index in [-0.39, 0.29) is 0 Å². The highest BCUT2D eigenvalue weighted by atomic mass is 16.5. The molecule has 146 valence electrons. The van der Waals surface area contributed by atoms with E-state index in [4.69, 9.17) is 19.4 Å². The highest BCUT2D eigenvalue weighted by Crippen LogP contribution is 2.32. The van der Waals surface area contributed by atoms with Gasteiger partial charge in [-0.1, -0.05) is 26.7 Å². The van der Waals surface area contributed by atoms with Crippen molar-refractivity contribution in [1.29, 1.82) is 0 Å². The van der Waals surface area contributed by atoms with E-state index in [2.05, 4.69) is 13.8 Å². The number of aryl methyl sites for hydroxylation is 2. The van der Waals surface area contributed by atoms with Crippen LogP contribution in [0.3, 0.4) is 0 Å². The molecule has 0 saturated carbocycles. The summed E-state index contributed by atoms with van der Waals surface area (Å²) in [6, 6.07) is 16.1. The van der Waals surface area contributed by atoms with Gasteiger partial charge in [-0.05, 0) is 61.4 Å². The van der Waals surface area contributed by atoms with E-state index in [1.54, 1.807) is 14.2 Å². The van der Waals surface area contributed by atoms with Crippen LogP contribution in [0.15, 0.2) is 48.5 Å². The molecule has 0 saturated heterocycles. The van der Waals surface area contributed by atoms with Crippen molar-refractivity contribution >= 4 is 0 Å². The fourth-order valence-electron chi connectivity index (χ4n) is 3.28. The molecule has 3 rings (SSSR count). The number of methoxy groups -OCH3 is 2. The third kappa shape index (κ3) is 4.33. The van der Waals surface area contributed by atoms with Crippen LogP contribution in [0.5, 0.6) is 11.5 Å². The van der Waals surface area contributed by atoms with Gasteiger partial charge in [0.25, 0.3) is 0 Å². The van der Waals surface area contributed by atoms with Crippen LogP contribution in [0.2, 0.25) is 0 Å². The Morgan fingerprint density at radius 2 is 0.964 bits per heavy atom. The number of aromatic nitrogens is 2. The van der Waals surface area contributed by atoms with Crippen LogP contribution in [0.1, 0.15) is 38.1 Å². The minimum atomic E-state index is 0.832. The van der Waals surface area contributed by atoms with Crippen molar-refractivity contribution in [3.63, 3.8) is 0 Å². The van der Waals surface area contributed by atoms with Crippen LogP contribution in [0, 0.1) is 0 Å². The monoisotopic (exact) mass is 376 g/mol. The average molecular weight is 377 g/mol. The first-order chi connectivity index (χ1) is 13.7. The summed E-state index contributed by atoms with van der Waals surface area (Å²) in [5, 5.41) is 0. The lowest BCUT2D eigenvalue weighted by molar-refractivity contribution is 0.414. The Balaban J connectivity index is 2.18. The predicted molar refractivity (Wildman–Crippen MR) is 114 cm³/mol. The summed E-state index contributed by atoms with van der Waals surface area (Å²) in [6.07, 6.45) is 3.98. The molecule has 0 bridgehead atoms.